The number of hydrogen-bond acceptors (Lipinski definition) is 13. The number of fused-ring (bicyclic) bond motifs is 1. The van der Waals surface area contributed by atoms with E-state index in [2.05, 4.69) is 42.5 Å². The minimum atomic E-state index is -1.42. The quantitative estimate of drug-likeness (QED) is 0.0149. The second kappa shape index (κ2) is 26.7. The van der Waals surface area contributed by atoms with Crippen LogP contribution in [-0.2, 0) is 43.2 Å². The lowest BCUT2D eigenvalue weighted by atomic mass is 9.98. The minimum Gasteiger partial charge on any atom is -0.481 e. The molecule has 10 amide bonds. The molecule has 23 nitrogen and oxygen atoms in total. The number of carboxylic acids is 1. The van der Waals surface area contributed by atoms with Crippen molar-refractivity contribution in [3.8, 4) is 0 Å². The third-order valence-electron chi connectivity index (χ3n) is 9.55. The molecule has 0 saturated carbocycles. The van der Waals surface area contributed by atoms with Crippen molar-refractivity contribution in [3.05, 3.63) is 0 Å². The summed E-state index contributed by atoms with van der Waals surface area (Å²) in [5.41, 5.74) is 12.3. The smallest absolute Gasteiger partial charge is 0.315 e. The maximum atomic E-state index is 13.0. The van der Waals surface area contributed by atoms with Gasteiger partial charge in [-0.15, -0.1) is 0 Å². The number of carbonyl (C=O) groups is 10. The van der Waals surface area contributed by atoms with Crippen LogP contribution in [0.15, 0.2) is 0 Å². The molecule has 0 radical (unpaired) electrons. The molecule has 24 heteroatoms. The van der Waals surface area contributed by atoms with Crippen LogP contribution in [-0.4, -0.2) is 137 Å². The Morgan fingerprint density at radius 2 is 1.46 bits per heavy atom. The summed E-state index contributed by atoms with van der Waals surface area (Å²) >= 11 is 1.83. The molecule has 0 aromatic rings. The Hall–Kier alpha value is -5.23. The first-order valence-electron chi connectivity index (χ1n) is 19.6. The molecule has 2 fully saturated rings. The number of carbonyl (C=O) groups excluding carboxylic acids is 9. The van der Waals surface area contributed by atoms with Gasteiger partial charge in [-0.05, 0) is 64.8 Å². The lowest BCUT2D eigenvalue weighted by Gasteiger charge is -2.23. The van der Waals surface area contributed by atoms with Gasteiger partial charge in [-0.1, -0.05) is 6.42 Å². The Morgan fingerprint density at radius 1 is 0.763 bits per heavy atom. The molecule has 2 heterocycles. The standard InChI is InChI=1S/C35H59N11O12S/c1-19(41-34(56)22(9-4-6-12-36)43-33(55)20(15-29(51)52)14-26(48)46-58)32(54)40-16-27(49)39-17-28(50)42-21(31(37)53)8-5-7-13-38-25(47)11-3-2-10-24-30-23(18-59-24)44-35(57)45-30/h19-24,30,58H,2-18,36H2,1H3,(H2,37,53)(H,38,47)(H,39,49)(H,40,54)(H,41,56)(H,42,50)(H,43,55)(H,46,48)(H,51,52)(H2,44,45,57)/t19-,20?,21-,22-,23-,24-,30-/m0/s1. The summed E-state index contributed by atoms with van der Waals surface area (Å²) in [5, 5.41) is 38.8. The zero-order valence-electron chi connectivity index (χ0n) is 33.1. The first-order chi connectivity index (χ1) is 28.0. The number of primary amides is 1. The zero-order chi connectivity index (χ0) is 43.9. The van der Waals surface area contributed by atoms with Crippen LogP contribution < -0.4 is 59.5 Å². The number of hydroxylamine groups is 1. The molecule has 332 valence electrons. The molecule has 7 atom stereocenters. The van der Waals surface area contributed by atoms with E-state index in [1.165, 1.54) is 12.4 Å². The Morgan fingerprint density at radius 3 is 2.14 bits per heavy atom. The average Bonchev–Trinajstić information content (AvgIpc) is 3.74. The predicted octanol–water partition coefficient (Wildman–Crippen LogP) is -3.69. The van der Waals surface area contributed by atoms with Gasteiger partial charge in [-0.2, -0.15) is 11.8 Å². The third-order valence-corrected chi connectivity index (χ3v) is 11.1. The largest absolute Gasteiger partial charge is 0.481 e. The van der Waals surface area contributed by atoms with Gasteiger partial charge in [0.15, 0.2) is 0 Å². The second-order valence-corrected chi connectivity index (χ2v) is 15.6. The predicted molar refractivity (Wildman–Crippen MR) is 211 cm³/mol. The van der Waals surface area contributed by atoms with Gasteiger partial charge in [-0.3, -0.25) is 48.4 Å². The van der Waals surface area contributed by atoms with Crippen molar-refractivity contribution >= 4 is 71.0 Å². The van der Waals surface area contributed by atoms with Gasteiger partial charge in [0.2, 0.25) is 47.3 Å². The fraction of sp³-hybridized carbons (Fsp3) is 0.714. The number of aliphatic carboxylic acids is 1. The van der Waals surface area contributed by atoms with Gasteiger partial charge < -0.3 is 59.1 Å². The molecule has 0 bridgehead atoms. The van der Waals surface area contributed by atoms with Crippen molar-refractivity contribution in [1.82, 2.24) is 48.0 Å². The summed E-state index contributed by atoms with van der Waals surface area (Å²) in [4.78, 5) is 122. The van der Waals surface area contributed by atoms with Crippen molar-refractivity contribution in [3.63, 3.8) is 0 Å². The van der Waals surface area contributed by atoms with E-state index in [1.54, 1.807) is 0 Å². The van der Waals surface area contributed by atoms with Crippen LogP contribution in [0.5, 0.6) is 0 Å². The molecule has 2 rings (SSSR count). The highest BCUT2D eigenvalue weighted by molar-refractivity contribution is 8.00. The molecule has 0 aromatic carbocycles. The number of nitrogens with two attached hydrogens (primary N) is 2. The molecule has 1 unspecified atom stereocenters. The van der Waals surface area contributed by atoms with Gasteiger partial charge in [0.1, 0.15) is 18.1 Å². The molecule has 15 N–H and O–H groups in total. The van der Waals surface area contributed by atoms with Crippen LogP contribution >= 0.6 is 11.8 Å². The van der Waals surface area contributed by atoms with E-state index in [-0.39, 0.29) is 43.4 Å². The Balaban J connectivity index is 1.67. The van der Waals surface area contributed by atoms with Gasteiger partial charge in [0.05, 0.1) is 37.5 Å². The van der Waals surface area contributed by atoms with Crippen LogP contribution in [0.4, 0.5) is 4.79 Å². The van der Waals surface area contributed by atoms with Crippen LogP contribution in [0.3, 0.4) is 0 Å². The molecule has 2 saturated heterocycles. The molecule has 2 aliphatic heterocycles. The molecule has 2 aliphatic rings. The van der Waals surface area contributed by atoms with Crippen molar-refractivity contribution in [2.24, 2.45) is 17.4 Å². The second-order valence-electron chi connectivity index (χ2n) is 14.3. The molecular weight excluding hydrogens is 799 g/mol. The Kier molecular flexibility index (Phi) is 22.6. The number of nitrogens with one attached hydrogen (secondary N) is 9. The van der Waals surface area contributed by atoms with E-state index in [0.29, 0.717) is 43.9 Å². The maximum absolute atomic E-state index is 13.0. The number of carboxylic acid groups (broad SMARTS) is 1. The van der Waals surface area contributed by atoms with Crippen molar-refractivity contribution in [2.45, 2.75) is 119 Å². The Bertz CT molecular complexity index is 1510. The van der Waals surface area contributed by atoms with E-state index in [9.17, 15) is 47.9 Å². The van der Waals surface area contributed by atoms with Gasteiger partial charge in [-0.25, -0.2) is 10.3 Å². The normalized spacial score (nSPS) is 18.6. The summed E-state index contributed by atoms with van der Waals surface area (Å²) in [7, 11) is 0. The minimum absolute atomic E-state index is 0.0547. The molecular formula is C35H59N11O12S. The van der Waals surface area contributed by atoms with E-state index < -0.39 is 97.3 Å². The topological polar surface area (TPSA) is 371 Å². The number of unbranched alkanes of at least 4 members (excludes halogenated alkanes) is 3. The molecule has 0 spiro atoms. The SMILES string of the molecule is C[C@H](NC(=O)[C@H](CCCCN)NC(=O)C(CC(=O)O)CC(=O)NO)C(=O)NCC(=O)NCC(=O)N[C@@H](CCCCNC(=O)CCCC[C@@H]1SC[C@@H]2NC(=O)N[C@@H]21)C(N)=O. The highest BCUT2D eigenvalue weighted by Gasteiger charge is 2.42. The van der Waals surface area contributed by atoms with Crippen LogP contribution in [0, 0.1) is 5.92 Å². The van der Waals surface area contributed by atoms with Crippen LogP contribution in [0.1, 0.15) is 84.0 Å². The highest BCUT2D eigenvalue weighted by Crippen LogP contribution is 2.33. The number of urea groups is 1. The highest BCUT2D eigenvalue weighted by atomic mass is 32.2. The molecule has 0 aliphatic carbocycles. The average molecular weight is 858 g/mol. The van der Waals surface area contributed by atoms with Crippen molar-refractivity contribution in [2.75, 3.05) is 31.9 Å². The zero-order valence-corrected chi connectivity index (χ0v) is 33.9. The monoisotopic (exact) mass is 857 g/mol. The number of amides is 10. The molecule has 0 aromatic heterocycles. The summed E-state index contributed by atoms with van der Waals surface area (Å²) in [5.74, 6) is -7.86. The Labute approximate surface area is 345 Å². The van der Waals surface area contributed by atoms with E-state index >= 15 is 0 Å². The van der Waals surface area contributed by atoms with Crippen LogP contribution in [0.2, 0.25) is 0 Å². The van der Waals surface area contributed by atoms with Crippen molar-refractivity contribution < 1.29 is 58.3 Å². The van der Waals surface area contributed by atoms with Gasteiger partial charge in [0, 0.05) is 30.4 Å². The molecule has 59 heavy (non-hydrogen) atoms. The first kappa shape index (κ1) is 49.9. The summed E-state index contributed by atoms with van der Waals surface area (Å²) in [6.07, 6.45) is 3.50. The fourth-order valence-corrected chi connectivity index (χ4v) is 7.87. The third kappa shape index (κ3) is 19.4. The number of hydrogen-bond donors (Lipinski definition) is 13. The summed E-state index contributed by atoms with van der Waals surface area (Å²) < 4.78 is 0. The first-order valence-corrected chi connectivity index (χ1v) is 20.6. The van der Waals surface area contributed by atoms with E-state index in [4.69, 9.17) is 21.8 Å². The lowest BCUT2D eigenvalue weighted by Crippen LogP contribution is -2.54. The maximum Gasteiger partial charge on any atom is 0.315 e. The summed E-state index contributed by atoms with van der Waals surface area (Å²) in [6.45, 7) is 0.827. The van der Waals surface area contributed by atoms with Crippen LogP contribution in [0.25, 0.3) is 0 Å². The number of rotatable bonds is 29. The van der Waals surface area contributed by atoms with Gasteiger partial charge >= 0.3 is 12.0 Å². The summed E-state index contributed by atoms with van der Waals surface area (Å²) in [6, 6.07) is -3.33. The van der Waals surface area contributed by atoms with Gasteiger partial charge in [0.25, 0.3) is 0 Å². The lowest BCUT2D eigenvalue weighted by molar-refractivity contribution is -0.143. The van der Waals surface area contributed by atoms with E-state index in [0.717, 1.165) is 25.0 Å². The van der Waals surface area contributed by atoms with E-state index in [1.807, 2.05) is 11.8 Å². The fourth-order valence-electron chi connectivity index (χ4n) is 6.33. The number of thioether (sulfide) groups is 1. The van der Waals surface area contributed by atoms with Crippen molar-refractivity contribution in [1.29, 1.82) is 0 Å².